The van der Waals surface area contributed by atoms with E-state index in [1.54, 1.807) is 0 Å². The van der Waals surface area contributed by atoms with Crippen LogP contribution in [0.2, 0.25) is 0 Å². The van der Waals surface area contributed by atoms with Crippen molar-refractivity contribution >= 4 is 0 Å². The molecule has 0 bridgehead atoms. The fourth-order valence-corrected chi connectivity index (χ4v) is 3.08. The summed E-state index contributed by atoms with van der Waals surface area (Å²) in [6.07, 6.45) is 5.91. The van der Waals surface area contributed by atoms with Gasteiger partial charge in [-0.1, -0.05) is 27.7 Å². The Kier molecular flexibility index (Phi) is 5.11. The van der Waals surface area contributed by atoms with Gasteiger partial charge in [0, 0.05) is 0 Å². The van der Waals surface area contributed by atoms with Crippen LogP contribution in [0.4, 0.5) is 0 Å². The molecule has 0 unspecified atom stereocenters. The molecule has 1 fully saturated rings. The molecule has 15 heavy (non-hydrogen) atoms. The minimum Gasteiger partial charge on any atom is -0.393 e. The fourth-order valence-electron chi connectivity index (χ4n) is 3.08. The zero-order chi connectivity index (χ0) is 11.4. The van der Waals surface area contributed by atoms with Gasteiger partial charge in [0.15, 0.2) is 0 Å². The highest BCUT2D eigenvalue weighted by atomic mass is 16.3. The van der Waals surface area contributed by atoms with E-state index < -0.39 is 0 Å². The average Bonchev–Trinajstić information content (AvgIpc) is 2.15. The van der Waals surface area contributed by atoms with Gasteiger partial charge in [-0.05, 0) is 55.8 Å². The molecule has 1 rings (SSSR count). The van der Waals surface area contributed by atoms with Crippen molar-refractivity contribution in [3.8, 4) is 0 Å². The molecule has 1 N–H and O–H groups in total. The van der Waals surface area contributed by atoms with Crippen LogP contribution in [0.5, 0.6) is 0 Å². The molecule has 1 heteroatoms. The summed E-state index contributed by atoms with van der Waals surface area (Å²) >= 11 is 0. The Morgan fingerprint density at radius 2 is 1.53 bits per heavy atom. The Labute approximate surface area is 95.3 Å². The summed E-state index contributed by atoms with van der Waals surface area (Å²) < 4.78 is 0. The van der Waals surface area contributed by atoms with Crippen molar-refractivity contribution < 1.29 is 5.11 Å². The van der Waals surface area contributed by atoms with Crippen LogP contribution in [0, 0.1) is 23.7 Å². The van der Waals surface area contributed by atoms with Crippen LogP contribution in [0.15, 0.2) is 0 Å². The van der Waals surface area contributed by atoms with E-state index in [-0.39, 0.29) is 6.10 Å². The minimum absolute atomic E-state index is 0.00638. The highest BCUT2D eigenvalue weighted by molar-refractivity contribution is 4.79. The smallest absolute Gasteiger partial charge is 0.0540 e. The highest BCUT2D eigenvalue weighted by Gasteiger charge is 2.28. The van der Waals surface area contributed by atoms with Gasteiger partial charge in [-0.25, -0.2) is 0 Å². The maximum absolute atomic E-state index is 9.53. The minimum atomic E-state index is -0.00638. The van der Waals surface area contributed by atoms with Crippen LogP contribution in [0.3, 0.4) is 0 Å². The van der Waals surface area contributed by atoms with E-state index in [1.807, 2.05) is 0 Å². The zero-order valence-corrected chi connectivity index (χ0v) is 10.9. The lowest BCUT2D eigenvalue weighted by atomic mass is 9.71. The zero-order valence-electron chi connectivity index (χ0n) is 10.9. The van der Waals surface area contributed by atoms with Crippen LogP contribution in [0.1, 0.15) is 59.8 Å². The number of hydrogen-bond donors (Lipinski definition) is 1. The summed E-state index contributed by atoms with van der Waals surface area (Å²) in [7, 11) is 0. The van der Waals surface area contributed by atoms with Gasteiger partial charge in [-0.3, -0.25) is 0 Å². The summed E-state index contributed by atoms with van der Waals surface area (Å²) in [6, 6.07) is 0. The van der Waals surface area contributed by atoms with Crippen molar-refractivity contribution in [2.75, 3.05) is 0 Å². The quantitative estimate of drug-likeness (QED) is 0.750. The molecule has 0 aromatic carbocycles. The van der Waals surface area contributed by atoms with Gasteiger partial charge in [-0.2, -0.15) is 0 Å². The first-order chi connectivity index (χ1) is 7.00. The third-order valence-corrected chi connectivity index (χ3v) is 3.95. The van der Waals surface area contributed by atoms with E-state index >= 15 is 0 Å². The molecule has 1 saturated carbocycles. The van der Waals surface area contributed by atoms with Crippen LogP contribution < -0.4 is 0 Å². The lowest BCUT2D eigenvalue weighted by molar-refractivity contribution is 0.0743. The van der Waals surface area contributed by atoms with Crippen molar-refractivity contribution in [2.24, 2.45) is 23.7 Å². The fraction of sp³-hybridized carbons (Fsp3) is 1.00. The van der Waals surface area contributed by atoms with E-state index in [0.717, 1.165) is 36.5 Å². The predicted molar refractivity (Wildman–Crippen MR) is 65.7 cm³/mol. The monoisotopic (exact) mass is 212 g/mol. The van der Waals surface area contributed by atoms with Gasteiger partial charge < -0.3 is 5.11 Å². The van der Waals surface area contributed by atoms with Gasteiger partial charge in [0.05, 0.1) is 6.10 Å². The van der Waals surface area contributed by atoms with E-state index in [0.29, 0.717) is 0 Å². The molecule has 1 atom stereocenters. The van der Waals surface area contributed by atoms with Gasteiger partial charge >= 0.3 is 0 Å². The van der Waals surface area contributed by atoms with Gasteiger partial charge in [0.1, 0.15) is 0 Å². The SMILES string of the molecule is CC(C)C[C@@H](C(C)C)C1CCC(O)CC1. The van der Waals surface area contributed by atoms with Crippen LogP contribution in [-0.4, -0.2) is 11.2 Å². The first-order valence-electron chi connectivity index (χ1n) is 6.68. The largest absolute Gasteiger partial charge is 0.393 e. The second kappa shape index (κ2) is 5.89. The molecule has 0 aliphatic heterocycles. The van der Waals surface area contributed by atoms with Crippen molar-refractivity contribution in [2.45, 2.75) is 65.9 Å². The van der Waals surface area contributed by atoms with Crippen molar-refractivity contribution in [3.63, 3.8) is 0 Å². The van der Waals surface area contributed by atoms with Crippen LogP contribution in [-0.2, 0) is 0 Å². The molecule has 0 heterocycles. The molecule has 1 aliphatic rings. The normalized spacial score (nSPS) is 29.8. The van der Waals surface area contributed by atoms with Crippen LogP contribution in [0.25, 0.3) is 0 Å². The number of rotatable bonds is 4. The number of aliphatic hydroxyl groups is 1. The first kappa shape index (κ1) is 13.0. The molecular formula is C14H28O. The molecule has 0 radical (unpaired) electrons. The summed E-state index contributed by atoms with van der Waals surface area (Å²) in [5.74, 6) is 3.35. The summed E-state index contributed by atoms with van der Waals surface area (Å²) in [6.45, 7) is 9.37. The average molecular weight is 212 g/mol. The van der Waals surface area contributed by atoms with Crippen molar-refractivity contribution in [3.05, 3.63) is 0 Å². The second-order valence-electron chi connectivity index (χ2n) is 6.11. The van der Waals surface area contributed by atoms with E-state index in [2.05, 4.69) is 27.7 Å². The Morgan fingerprint density at radius 1 is 1.00 bits per heavy atom. The van der Waals surface area contributed by atoms with Gasteiger partial charge in [0.25, 0.3) is 0 Å². The van der Waals surface area contributed by atoms with Crippen molar-refractivity contribution in [1.29, 1.82) is 0 Å². The number of hydrogen-bond acceptors (Lipinski definition) is 1. The Balaban J connectivity index is 2.48. The Hall–Kier alpha value is -0.0400. The standard InChI is InChI=1S/C14H28O/c1-10(2)9-14(11(3)4)12-5-7-13(15)8-6-12/h10-15H,5-9H2,1-4H3/t12?,13?,14-/m0/s1. The summed E-state index contributed by atoms with van der Waals surface area (Å²) in [4.78, 5) is 0. The third-order valence-electron chi connectivity index (χ3n) is 3.95. The Morgan fingerprint density at radius 3 is 1.93 bits per heavy atom. The maximum atomic E-state index is 9.53. The molecule has 0 saturated heterocycles. The number of aliphatic hydroxyl groups excluding tert-OH is 1. The van der Waals surface area contributed by atoms with E-state index in [1.165, 1.54) is 19.3 Å². The topological polar surface area (TPSA) is 20.2 Å². The molecule has 0 aromatic heterocycles. The molecule has 0 amide bonds. The van der Waals surface area contributed by atoms with E-state index in [9.17, 15) is 5.11 Å². The molecule has 0 spiro atoms. The lowest BCUT2D eigenvalue weighted by Crippen LogP contribution is -2.28. The highest BCUT2D eigenvalue weighted by Crippen LogP contribution is 2.37. The second-order valence-corrected chi connectivity index (χ2v) is 6.11. The van der Waals surface area contributed by atoms with Gasteiger partial charge in [0.2, 0.25) is 0 Å². The molecule has 1 aliphatic carbocycles. The molecular weight excluding hydrogens is 184 g/mol. The Bertz CT molecular complexity index is 166. The van der Waals surface area contributed by atoms with Crippen LogP contribution >= 0.6 is 0 Å². The van der Waals surface area contributed by atoms with Gasteiger partial charge in [-0.15, -0.1) is 0 Å². The maximum Gasteiger partial charge on any atom is 0.0540 e. The molecule has 90 valence electrons. The summed E-state index contributed by atoms with van der Waals surface area (Å²) in [5, 5.41) is 9.53. The first-order valence-corrected chi connectivity index (χ1v) is 6.68. The summed E-state index contributed by atoms with van der Waals surface area (Å²) in [5.41, 5.74) is 0. The lowest BCUT2D eigenvalue weighted by Gasteiger charge is -2.35. The molecule has 0 aromatic rings. The van der Waals surface area contributed by atoms with Crippen molar-refractivity contribution in [1.82, 2.24) is 0 Å². The van der Waals surface area contributed by atoms with E-state index in [4.69, 9.17) is 0 Å². The third kappa shape index (κ3) is 4.14. The predicted octanol–water partition coefficient (Wildman–Crippen LogP) is 3.86. The molecule has 1 nitrogen and oxygen atoms in total.